The van der Waals surface area contributed by atoms with Gasteiger partial charge in [0.15, 0.2) is 5.82 Å². The second-order valence-electron chi connectivity index (χ2n) is 5.42. The van der Waals surface area contributed by atoms with E-state index in [9.17, 15) is 0 Å². The highest BCUT2D eigenvalue weighted by molar-refractivity contribution is 5.37. The number of nitrogens with one attached hydrogen (secondary N) is 1. The number of hydrogen-bond donors (Lipinski definition) is 1. The van der Waals surface area contributed by atoms with Crippen LogP contribution in [0.4, 0.5) is 5.82 Å². The predicted octanol–water partition coefficient (Wildman–Crippen LogP) is 1.10. The Hall–Kier alpha value is -1.95. The van der Waals surface area contributed by atoms with Crippen molar-refractivity contribution in [3.8, 4) is 0 Å². The molecule has 1 saturated carbocycles. The van der Waals surface area contributed by atoms with E-state index >= 15 is 0 Å². The third-order valence-electron chi connectivity index (χ3n) is 3.42. The summed E-state index contributed by atoms with van der Waals surface area (Å²) >= 11 is 0. The first kappa shape index (κ1) is 13.1. The number of anilines is 1. The molecule has 0 bridgehead atoms. The summed E-state index contributed by atoms with van der Waals surface area (Å²) in [4.78, 5) is 2.07. The van der Waals surface area contributed by atoms with E-state index in [1.54, 1.807) is 0 Å². The van der Waals surface area contributed by atoms with Crippen LogP contribution in [0.5, 0.6) is 0 Å². The van der Waals surface area contributed by atoms with E-state index in [2.05, 4.69) is 25.5 Å². The maximum atomic E-state index is 4.29. The topological polar surface area (TPSA) is 58.9 Å². The zero-order valence-corrected chi connectivity index (χ0v) is 12.0. The van der Waals surface area contributed by atoms with Crippen molar-refractivity contribution in [3.05, 3.63) is 35.8 Å². The molecular formula is C14H20N6. The molecule has 0 amide bonds. The molecule has 0 saturated heterocycles. The minimum Gasteiger partial charge on any atom is -0.354 e. The van der Waals surface area contributed by atoms with E-state index in [0.29, 0.717) is 6.04 Å². The molecule has 1 N–H and O–H groups in total. The first-order chi connectivity index (χ1) is 9.70. The van der Waals surface area contributed by atoms with Gasteiger partial charge >= 0.3 is 0 Å². The summed E-state index contributed by atoms with van der Waals surface area (Å²) in [6.45, 7) is 1.59. The monoisotopic (exact) mass is 272 g/mol. The fourth-order valence-corrected chi connectivity index (χ4v) is 2.10. The highest BCUT2D eigenvalue weighted by Crippen LogP contribution is 2.19. The molecule has 0 spiro atoms. The molecule has 0 unspecified atom stereocenters. The van der Waals surface area contributed by atoms with Gasteiger partial charge in [-0.2, -0.15) is 10.2 Å². The molecule has 2 aromatic rings. The Morgan fingerprint density at radius 1 is 1.35 bits per heavy atom. The van der Waals surface area contributed by atoms with Gasteiger partial charge in [0.1, 0.15) is 0 Å². The van der Waals surface area contributed by atoms with Crippen molar-refractivity contribution >= 4 is 5.82 Å². The average Bonchev–Trinajstić information content (AvgIpc) is 3.20. The molecule has 1 aliphatic rings. The smallest absolute Gasteiger partial charge is 0.151 e. The van der Waals surface area contributed by atoms with Crippen LogP contribution in [-0.2, 0) is 20.1 Å². The largest absolute Gasteiger partial charge is 0.354 e. The zero-order valence-electron chi connectivity index (χ0n) is 12.0. The van der Waals surface area contributed by atoms with Gasteiger partial charge in [-0.25, -0.2) is 0 Å². The van der Waals surface area contributed by atoms with E-state index in [-0.39, 0.29) is 0 Å². The lowest BCUT2D eigenvalue weighted by atomic mass is 10.3. The molecule has 0 atom stereocenters. The Morgan fingerprint density at radius 2 is 2.20 bits per heavy atom. The Morgan fingerprint density at radius 3 is 2.80 bits per heavy atom. The van der Waals surface area contributed by atoms with Crippen molar-refractivity contribution in [3.63, 3.8) is 0 Å². The van der Waals surface area contributed by atoms with Gasteiger partial charge in [-0.05, 0) is 25.0 Å². The van der Waals surface area contributed by atoms with Crippen LogP contribution in [0.15, 0.2) is 24.5 Å². The van der Waals surface area contributed by atoms with Crippen LogP contribution in [0.1, 0.15) is 24.1 Å². The molecule has 3 rings (SSSR count). The Kier molecular flexibility index (Phi) is 3.64. The Bertz CT molecular complexity index is 557. The molecule has 1 aliphatic carbocycles. The van der Waals surface area contributed by atoms with Crippen LogP contribution in [0.25, 0.3) is 0 Å². The quantitative estimate of drug-likeness (QED) is 0.853. The number of aromatic nitrogens is 4. The summed E-state index contributed by atoms with van der Waals surface area (Å²) in [6, 6.07) is 4.76. The van der Waals surface area contributed by atoms with Crippen molar-refractivity contribution in [1.82, 2.24) is 25.3 Å². The SMILES string of the molecule is CN(Cc1cnn(C)c1)c1ccc(CNC2CC2)nn1. The van der Waals surface area contributed by atoms with Crippen LogP contribution in [-0.4, -0.2) is 33.1 Å². The molecule has 0 radical (unpaired) electrons. The van der Waals surface area contributed by atoms with Crippen LogP contribution in [0, 0.1) is 0 Å². The average molecular weight is 272 g/mol. The Balaban J connectivity index is 1.57. The molecule has 106 valence electrons. The fraction of sp³-hybridized carbons (Fsp3) is 0.500. The van der Waals surface area contributed by atoms with Crippen molar-refractivity contribution in [2.45, 2.75) is 32.0 Å². The molecule has 2 aromatic heterocycles. The third-order valence-corrected chi connectivity index (χ3v) is 3.42. The normalized spacial score (nSPS) is 14.5. The molecule has 1 fully saturated rings. The maximum absolute atomic E-state index is 4.29. The summed E-state index contributed by atoms with van der Waals surface area (Å²) in [6.07, 6.45) is 6.47. The van der Waals surface area contributed by atoms with Gasteiger partial charge in [0.05, 0.1) is 11.9 Å². The molecule has 6 heteroatoms. The minimum absolute atomic E-state index is 0.699. The van der Waals surface area contributed by atoms with Gasteiger partial charge in [-0.15, -0.1) is 5.10 Å². The van der Waals surface area contributed by atoms with E-state index in [0.717, 1.165) is 30.2 Å². The van der Waals surface area contributed by atoms with Crippen LogP contribution in [0.3, 0.4) is 0 Å². The summed E-state index contributed by atoms with van der Waals surface area (Å²) in [5.41, 5.74) is 2.16. The number of rotatable bonds is 6. The van der Waals surface area contributed by atoms with Gasteiger partial charge in [-0.1, -0.05) is 0 Å². The highest BCUT2D eigenvalue weighted by Gasteiger charge is 2.20. The first-order valence-corrected chi connectivity index (χ1v) is 6.95. The van der Waals surface area contributed by atoms with Crippen molar-refractivity contribution in [1.29, 1.82) is 0 Å². The molecule has 6 nitrogen and oxygen atoms in total. The maximum Gasteiger partial charge on any atom is 0.151 e. The molecule has 20 heavy (non-hydrogen) atoms. The fourth-order valence-electron chi connectivity index (χ4n) is 2.10. The van der Waals surface area contributed by atoms with Gasteiger partial charge in [-0.3, -0.25) is 4.68 Å². The lowest BCUT2D eigenvalue weighted by molar-refractivity contribution is 0.664. The van der Waals surface area contributed by atoms with E-state index < -0.39 is 0 Å². The summed E-state index contributed by atoms with van der Waals surface area (Å²) in [5.74, 6) is 0.879. The standard InChI is InChI=1S/C14H20N6/c1-19(9-11-7-16-20(2)10-11)14-6-5-13(17-18-14)8-15-12-3-4-12/h5-7,10,12,15H,3-4,8-9H2,1-2H3. The molecule has 0 aliphatic heterocycles. The molecular weight excluding hydrogens is 252 g/mol. The van der Waals surface area contributed by atoms with E-state index in [1.165, 1.54) is 12.8 Å². The number of hydrogen-bond acceptors (Lipinski definition) is 5. The zero-order chi connectivity index (χ0) is 13.9. The lowest BCUT2D eigenvalue weighted by Crippen LogP contribution is -2.19. The van der Waals surface area contributed by atoms with Crippen LogP contribution < -0.4 is 10.2 Å². The molecule has 0 aromatic carbocycles. The van der Waals surface area contributed by atoms with E-state index in [1.807, 2.05) is 43.3 Å². The van der Waals surface area contributed by atoms with Crippen molar-refractivity contribution in [2.75, 3.05) is 11.9 Å². The summed E-state index contributed by atoms with van der Waals surface area (Å²) < 4.78 is 1.81. The van der Waals surface area contributed by atoms with Crippen molar-refractivity contribution < 1.29 is 0 Å². The van der Waals surface area contributed by atoms with Gasteiger partial charge < -0.3 is 10.2 Å². The third kappa shape index (κ3) is 3.33. The second-order valence-corrected chi connectivity index (χ2v) is 5.42. The minimum atomic E-state index is 0.699. The van der Waals surface area contributed by atoms with Gasteiger partial charge in [0.2, 0.25) is 0 Å². The molecule has 2 heterocycles. The number of nitrogens with zero attached hydrogens (tertiary/aromatic N) is 5. The Labute approximate surface area is 118 Å². The predicted molar refractivity (Wildman–Crippen MR) is 77.2 cm³/mol. The summed E-state index contributed by atoms with van der Waals surface area (Å²) in [7, 11) is 3.93. The van der Waals surface area contributed by atoms with Gasteiger partial charge in [0.25, 0.3) is 0 Å². The van der Waals surface area contributed by atoms with Crippen LogP contribution in [0.2, 0.25) is 0 Å². The van der Waals surface area contributed by atoms with Gasteiger partial charge in [0, 0.05) is 45.0 Å². The lowest BCUT2D eigenvalue weighted by Gasteiger charge is -2.16. The number of aryl methyl sites for hydroxylation is 1. The first-order valence-electron chi connectivity index (χ1n) is 6.95. The van der Waals surface area contributed by atoms with Crippen LogP contribution >= 0.6 is 0 Å². The van der Waals surface area contributed by atoms with Crippen molar-refractivity contribution in [2.24, 2.45) is 7.05 Å². The van der Waals surface area contributed by atoms with E-state index in [4.69, 9.17) is 0 Å². The summed E-state index contributed by atoms with van der Waals surface area (Å²) in [5, 5.41) is 16.2. The highest BCUT2D eigenvalue weighted by atomic mass is 15.3. The second kappa shape index (κ2) is 5.58.